The predicted octanol–water partition coefficient (Wildman–Crippen LogP) is 2.27. The second-order valence-corrected chi connectivity index (χ2v) is 8.53. The molecule has 1 saturated carbocycles. The van der Waals surface area contributed by atoms with Crippen molar-refractivity contribution in [2.75, 3.05) is 24.3 Å². The maximum absolute atomic E-state index is 12.4. The van der Waals surface area contributed by atoms with Crippen LogP contribution in [0.4, 0.5) is 5.69 Å². The Hall–Kier alpha value is -2.00. The zero-order chi connectivity index (χ0) is 19.4. The molecule has 2 rings (SSSR count). The van der Waals surface area contributed by atoms with E-state index in [4.69, 9.17) is 4.74 Å². The molecule has 0 heterocycles. The van der Waals surface area contributed by atoms with Gasteiger partial charge in [-0.3, -0.25) is 14.9 Å². The van der Waals surface area contributed by atoms with Crippen LogP contribution in [-0.4, -0.2) is 44.3 Å². The van der Waals surface area contributed by atoms with E-state index in [1.165, 1.54) is 24.3 Å². The van der Waals surface area contributed by atoms with Crippen LogP contribution < -0.4 is 5.32 Å². The van der Waals surface area contributed by atoms with Gasteiger partial charge in [-0.1, -0.05) is 13.8 Å². The van der Waals surface area contributed by atoms with E-state index < -0.39 is 32.1 Å². The number of nitro groups is 1. The third-order valence-corrected chi connectivity index (χ3v) is 6.38. The van der Waals surface area contributed by atoms with Crippen molar-refractivity contribution >= 4 is 21.4 Å². The largest absolute Gasteiger partial charge is 0.380 e. The Balaban J connectivity index is 1.99. The molecule has 0 aliphatic heterocycles. The quantitative estimate of drug-likeness (QED) is 0.376. The van der Waals surface area contributed by atoms with Crippen LogP contribution in [-0.2, 0) is 19.4 Å². The van der Waals surface area contributed by atoms with Gasteiger partial charge < -0.3 is 10.1 Å². The minimum atomic E-state index is -3.45. The summed E-state index contributed by atoms with van der Waals surface area (Å²) in [6.07, 6.45) is 1.44. The molecule has 9 heteroatoms. The number of sulfone groups is 1. The lowest BCUT2D eigenvalue weighted by Gasteiger charge is -2.13. The first-order valence-electron chi connectivity index (χ1n) is 8.62. The Bertz CT molecular complexity index is 762. The summed E-state index contributed by atoms with van der Waals surface area (Å²) in [5, 5.41) is 13.6. The van der Waals surface area contributed by atoms with Crippen molar-refractivity contribution in [2.45, 2.75) is 44.0 Å². The highest BCUT2D eigenvalue weighted by molar-refractivity contribution is 7.91. The Morgan fingerprint density at radius 1 is 1.31 bits per heavy atom. The van der Waals surface area contributed by atoms with Gasteiger partial charge in [0, 0.05) is 23.6 Å². The highest BCUT2D eigenvalue weighted by Crippen LogP contribution is 2.51. The van der Waals surface area contributed by atoms with Crippen LogP contribution in [0, 0.1) is 15.5 Å². The minimum absolute atomic E-state index is 0.109. The summed E-state index contributed by atoms with van der Waals surface area (Å²) in [5.74, 6) is -0.507. The zero-order valence-electron chi connectivity index (χ0n) is 14.9. The fourth-order valence-corrected chi connectivity index (χ4v) is 4.00. The molecule has 0 radical (unpaired) electrons. The first kappa shape index (κ1) is 20.3. The number of anilines is 1. The van der Waals surface area contributed by atoms with Gasteiger partial charge in [-0.2, -0.15) is 0 Å². The molecule has 144 valence electrons. The van der Waals surface area contributed by atoms with E-state index in [9.17, 15) is 23.3 Å². The van der Waals surface area contributed by atoms with Gasteiger partial charge in [0.1, 0.15) is 5.41 Å². The van der Waals surface area contributed by atoms with Crippen molar-refractivity contribution < 1.29 is 22.9 Å². The fraction of sp³-hybridized carbons (Fsp3) is 0.588. The molecule has 1 amide bonds. The molecular weight excluding hydrogens is 360 g/mol. The van der Waals surface area contributed by atoms with E-state index in [1.54, 1.807) is 6.92 Å². The predicted molar refractivity (Wildman–Crippen MR) is 96.4 cm³/mol. The van der Waals surface area contributed by atoms with Crippen LogP contribution in [0.25, 0.3) is 0 Å². The Kier molecular flexibility index (Phi) is 6.35. The number of carbonyl (C=O) groups excluding carboxylic acids is 1. The van der Waals surface area contributed by atoms with Gasteiger partial charge in [0.05, 0.1) is 17.3 Å². The summed E-state index contributed by atoms with van der Waals surface area (Å²) in [4.78, 5) is 23.0. The normalized spacial score (nSPS) is 22.0. The van der Waals surface area contributed by atoms with E-state index in [0.717, 1.165) is 6.42 Å². The Morgan fingerprint density at radius 2 is 1.96 bits per heavy atom. The smallest absolute Gasteiger partial charge is 0.237 e. The molecule has 2 unspecified atom stereocenters. The number of benzene rings is 1. The summed E-state index contributed by atoms with van der Waals surface area (Å²) >= 11 is 0. The van der Waals surface area contributed by atoms with Crippen LogP contribution in [0.2, 0.25) is 0 Å². The maximum Gasteiger partial charge on any atom is 0.237 e. The van der Waals surface area contributed by atoms with Crippen molar-refractivity contribution in [2.24, 2.45) is 5.41 Å². The van der Waals surface area contributed by atoms with Crippen molar-refractivity contribution in [1.82, 2.24) is 0 Å². The molecule has 1 aliphatic carbocycles. The number of amides is 1. The van der Waals surface area contributed by atoms with Gasteiger partial charge in [0.25, 0.3) is 0 Å². The van der Waals surface area contributed by atoms with Crippen LogP contribution in [0.3, 0.4) is 0 Å². The van der Waals surface area contributed by atoms with Gasteiger partial charge in [-0.05, 0) is 37.1 Å². The number of hydrogen-bond acceptors (Lipinski definition) is 6. The molecule has 1 N–H and O–H groups in total. The second kappa shape index (κ2) is 8.13. The average Bonchev–Trinajstić information content (AvgIpc) is 3.36. The number of rotatable bonds is 10. The fourth-order valence-electron chi connectivity index (χ4n) is 2.88. The first-order chi connectivity index (χ1) is 12.3. The Labute approximate surface area is 153 Å². The zero-order valence-corrected chi connectivity index (χ0v) is 15.8. The Morgan fingerprint density at radius 3 is 2.46 bits per heavy atom. The number of hydrogen-bond donors (Lipinski definition) is 1. The van der Waals surface area contributed by atoms with Gasteiger partial charge in [-0.25, -0.2) is 8.42 Å². The summed E-state index contributed by atoms with van der Waals surface area (Å²) < 4.78 is 29.7. The van der Waals surface area contributed by atoms with Crippen LogP contribution in [0.1, 0.15) is 33.1 Å². The topological polar surface area (TPSA) is 116 Å². The highest BCUT2D eigenvalue weighted by atomic mass is 32.2. The molecular formula is C17H24N2O6S. The van der Waals surface area contributed by atoms with Crippen molar-refractivity contribution in [3.05, 3.63) is 34.4 Å². The monoisotopic (exact) mass is 384 g/mol. The standard InChI is InChI=1S/C17H24N2O6S/c1-3-9-25-10-11-26(23,24)14-7-5-13(6-8-14)18-16(20)17(4-2)12-15(17)19(21)22/h5-8,15H,3-4,9-12H2,1-2H3,(H,18,20). The number of nitrogens with one attached hydrogen (secondary N) is 1. The summed E-state index contributed by atoms with van der Waals surface area (Å²) in [6.45, 7) is 4.35. The SMILES string of the molecule is CCCOCCS(=O)(=O)c1ccc(NC(=O)C2(CC)CC2[N+](=O)[O-])cc1. The average molecular weight is 384 g/mol. The molecule has 2 atom stereocenters. The second-order valence-electron chi connectivity index (χ2n) is 6.42. The molecule has 1 aliphatic rings. The van der Waals surface area contributed by atoms with E-state index in [1.807, 2.05) is 6.92 Å². The third-order valence-electron chi connectivity index (χ3n) is 4.69. The van der Waals surface area contributed by atoms with Crippen LogP contribution in [0.5, 0.6) is 0 Å². The van der Waals surface area contributed by atoms with E-state index >= 15 is 0 Å². The summed E-state index contributed by atoms with van der Waals surface area (Å²) in [6, 6.07) is 4.97. The molecule has 1 fully saturated rings. The van der Waals surface area contributed by atoms with Crippen molar-refractivity contribution in [3.63, 3.8) is 0 Å². The lowest BCUT2D eigenvalue weighted by molar-refractivity contribution is -0.501. The lowest BCUT2D eigenvalue weighted by atomic mass is 10.0. The van der Waals surface area contributed by atoms with Gasteiger partial charge in [0.15, 0.2) is 9.84 Å². The minimum Gasteiger partial charge on any atom is -0.380 e. The third kappa shape index (κ3) is 4.39. The van der Waals surface area contributed by atoms with Crippen molar-refractivity contribution in [1.29, 1.82) is 0 Å². The van der Waals surface area contributed by atoms with E-state index in [0.29, 0.717) is 18.7 Å². The van der Waals surface area contributed by atoms with Gasteiger partial charge >= 0.3 is 0 Å². The molecule has 8 nitrogen and oxygen atoms in total. The maximum atomic E-state index is 12.4. The molecule has 1 aromatic rings. The van der Waals surface area contributed by atoms with Gasteiger partial charge in [-0.15, -0.1) is 0 Å². The number of nitrogens with zero attached hydrogens (tertiary/aromatic N) is 1. The number of ether oxygens (including phenoxy) is 1. The molecule has 0 spiro atoms. The number of carbonyl (C=O) groups is 1. The summed E-state index contributed by atoms with van der Waals surface area (Å²) in [7, 11) is -3.45. The highest BCUT2D eigenvalue weighted by Gasteiger charge is 2.67. The van der Waals surface area contributed by atoms with E-state index in [2.05, 4.69) is 5.32 Å². The molecule has 0 bridgehead atoms. The van der Waals surface area contributed by atoms with Crippen LogP contribution >= 0.6 is 0 Å². The van der Waals surface area contributed by atoms with Crippen molar-refractivity contribution in [3.8, 4) is 0 Å². The lowest BCUT2D eigenvalue weighted by Crippen LogP contribution is -2.29. The molecule has 0 aromatic heterocycles. The summed E-state index contributed by atoms with van der Waals surface area (Å²) in [5.41, 5.74) is -0.553. The molecule has 26 heavy (non-hydrogen) atoms. The first-order valence-corrected chi connectivity index (χ1v) is 10.3. The molecule has 0 saturated heterocycles. The van der Waals surface area contributed by atoms with Gasteiger partial charge in [0.2, 0.25) is 11.9 Å². The van der Waals surface area contributed by atoms with E-state index in [-0.39, 0.29) is 23.7 Å². The van der Waals surface area contributed by atoms with Crippen LogP contribution in [0.15, 0.2) is 29.2 Å². The molecule has 1 aromatic carbocycles.